The molecule has 18 heavy (non-hydrogen) atoms. The highest BCUT2D eigenvalue weighted by atomic mass is 16.4. The molecule has 0 rings (SSSR count). The Labute approximate surface area is 104 Å². The van der Waals surface area contributed by atoms with E-state index in [2.05, 4.69) is 11.2 Å². The summed E-state index contributed by atoms with van der Waals surface area (Å²) in [6.45, 7) is -0.783. The van der Waals surface area contributed by atoms with Crippen LogP contribution in [0.25, 0.3) is 0 Å². The fourth-order valence-electron chi connectivity index (χ4n) is 1.19. The molecule has 0 fully saturated rings. The Bertz CT molecular complexity index is 313. The largest absolute Gasteiger partial charge is 0.394 e. The molecule has 0 saturated heterocycles. The highest BCUT2D eigenvalue weighted by Crippen LogP contribution is 2.04. The second-order valence-corrected chi connectivity index (χ2v) is 3.66. The van der Waals surface area contributed by atoms with Crippen molar-refractivity contribution in [1.29, 1.82) is 0 Å². The van der Waals surface area contributed by atoms with Crippen LogP contribution >= 0.6 is 0 Å². The van der Waals surface area contributed by atoms with Crippen molar-refractivity contribution in [3.8, 4) is 12.3 Å². The summed E-state index contributed by atoms with van der Waals surface area (Å²) in [5, 5.41) is 38.8. The predicted molar refractivity (Wildman–Crippen MR) is 61.2 cm³/mol. The summed E-state index contributed by atoms with van der Waals surface area (Å²) in [5.74, 6) is 1.67. The van der Waals surface area contributed by atoms with Crippen LogP contribution in [0.1, 0.15) is 12.8 Å². The molecule has 0 aromatic carbocycles. The maximum absolute atomic E-state index is 11.3. The van der Waals surface area contributed by atoms with Crippen molar-refractivity contribution >= 4 is 12.2 Å². The van der Waals surface area contributed by atoms with Crippen LogP contribution in [0.15, 0.2) is 0 Å². The lowest BCUT2D eigenvalue weighted by molar-refractivity contribution is -0.130. The number of terminal acetylenes is 1. The lowest BCUT2D eigenvalue weighted by Gasteiger charge is -2.26. The number of nitrogens with one attached hydrogen (secondary N) is 1. The number of rotatable bonds is 8. The normalized spacial score (nSPS) is 17.1. The molecule has 0 aromatic rings. The Morgan fingerprint density at radius 1 is 1.33 bits per heavy atom. The third-order valence-corrected chi connectivity index (χ3v) is 2.27. The number of carbonyl (C=O) groups is 2. The van der Waals surface area contributed by atoms with Gasteiger partial charge in [-0.05, 0) is 0 Å². The molecule has 0 aromatic heterocycles. The van der Waals surface area contributed by atoms with Crippen molar-refractivity contribution < 1.29 is 30.0 Å². The summed E-state index contributed by atoms with van der Waals surface area (Å²) >= 11 is 0. The number of hydrogen-bond donors (Lipinski definition) is 5. The van der Waals surface area contributed by atoms with E-state index in [9.17, 15) is 19.8 Å². The summed E-state index contributed by atoms with van der Waals surface area (Å²) < 4.78 is 0. The second kappa shape index (κ2) is 8.60. The molecule has 0 aliphatic carbocycles. The van der Waals surface area contributed by atoms with E-state index >= 15 is 0 Å². The smallest absolute Gasteiger partial charge is 0.221 e. The quantitative estimate of drug-likeness (QED) is 0.236. The Balaban J connectivity index is 4.44. The van der Waals surface area contributed by atoms with E-state index in [-0.39, 0.29) is 19.1 Å². The lowest BCUT2D eigenvalue weighted by Crippen LogP contribution is -2.53. The van der Waals surface area contributed by atoms with Gasteiger partial charge in [-0.2, -0.15) is 0 Å². The molecule has 102 valence electrons. The number of aldehydes is 1. The minimum absolute atomic E-state index is 0.0216. The van der Waals surface area contributed by atoms with Crippen molar-refractivity contribution in [3.63, 3.8) is 0 Å². The average molecular weight is 259 g/mol. The van der Waals surface area contributed by atoms with Gasteiger partial charge in [0.15, 0.2) is 0 Å². The fourth-order valence-corrected chi connectivity index (χ4v) is 1.19. The molecule has 1 amide bonds. The van der Waals surface area contributed by atoms with E-state index in [1.807, 2.05) is 0 Å². The number of amides is 1. The third-order valence-electron chi connectivity index (χ3n) is 2.27. The van der Waals surface area contributed by atoms with Crippen LogP contribution in [0.2, 0.25) is 0 Å². The molecule has 0 spiro atoms. The molecule has 0 aliphatic heterocycles. The second-order valence-electron chi connectivity index (χ2n) is 3.66. The zero-order chi connectivity index (χ0) is 14.1. The molecule has 0 saturated carbocycles. The molecule has 0 heterocycles. The van der Waals surface area contributed by atoms with Gasteiger partial charge >= 0.3 is 0 Å². The Hall–Kier alpha value is -1.46. The van der Waals surface area contributed by atoms with Crippen LogP contribution in [0.4, 0.5) is 0 Å². The van der Waals surface area contributed by atoms with Crippen molar-refractivity contribution in [2.75, 3.05) is 6.61 Å². The van der Waals surface area contributed by atoms with Crippen molar-refractivity contribution in [2.24, 2.45) is 0 Å². The van der Waals surface area contributed by atoms with Gasteiger partial charge in [0, 0.05) is 12.8 Å². The first-order chi connectivity index (χ1) is 8.47. The number of carbonyl (C=O) groups excluding carboxylic acids is 2. The third kappa shape index (κ3) is 5.25. The van der Waals surface area contributed by atoms with Crippen molar-refractivity contribution in [1.82, 2.24) is 5.32 Å². The van der Waals surface area contributed by atoms with Gasteiger partial charge in [-0.15, -0.1) is 12.3 Å². The van der Waals surface area contributed by atoms with Gasteiger partial charge in [0.1, 0.15) is 30.6 Å². The molecular formula is C11H17NO6. The van der Waals surface area contributed by atoms with Gasteiger partial charge in [-0.25, -0.2) is 0 Å². The standard InChI is InChI=1S/C11H17NO6/c1-2-3-4-9(16)12-7(5-13)10(17)11(18)8(15)6-14/h1,5,7-8,10-11,14-15,17-18H,3-4,6H2,(H,12,16)/t7-,8+,10+,11+/m0/s1. The summed E-state index contributed by atoms with van der Waals surface area (Å²) in [6, 6.07) is -1.38. The molecule has 0 radical (unpaired) electrons. The molecule has 7 heteroatoms. The van der Waals surface area contributed by atoms with Crippen LogP contribution in [-0.2, 0) is 9.59 Å². The number of aliphatic hydroxyl groups excluding tert-OH is 4. The summed E-state index contributed by atoms with van der Waals surface area (Å²) in [7, 11) is 0. The highest BCUT2D eigenvalue weighted by molar-refractivity contribution is 5.80. The first-order valence-corrected chi connectivity index (χ1v) is 5.31. The van der Waals surface area contributed by atoms with Crippen LogP contribution < -0.4 is 5.32 Å². The van der Waals surface area contributed by atoms with Gasteiger partial charge in [0.2, 0.25) is 5.91 Å². The molecule has 0 aliphatic rings. The summed E-state index contributed by atoms with van der Waals surface area (Å²) in [4.78, 5) is 22.0. The number of hydrogen-bond acceptors (Lipinski definition) is 6. The molecule has 4 atom stereocenters. The zero-order valence-electron chi connectivity index (χ0n) is 9.69. The topological polar surface area (TPSA) is 127 Å². The maximum Gasteiger partial charge on any atom is 0.221 e. The first-order valence-electron chi connectivity index (χ1n) is 5.31. The van der Waals surface area contributed by atoms with Gasteiger partial charge in [0.25, 0.3) is 0 Å². The number of aliphatic hydroxyl groups is 4. The van der Waals surface area contributed by atoms with Gasteiger partial charge in [0.05, 0.1) is 6.61 Å². The van der Waals surface area contributed by atoms with Gasteiger partial charge in [-0.1, -0.05) is 0 Å². The molecule has 0 unspecified atom stereocenters. The van der Waals surface area contributed by atoms with Gasteiger partial charge in [-0.3, -0.25) is 4.79 Å². The molecule has 0 bridgehead atoms. The fraction of sp³-hybridized carbons (Fsp3) is 0.636. The van der Waals surface area contributed by atoms with E-state index in [1.54, 1.807) is 0 Å². The maximum atomic E-state index is 11.3. The van der Waals surface area contributed by atoms with Crippen LogP contribution in [0, 0.1) is 12.3 Å². The molecular weight excluding hydrogens is 242 g/mol. The minimum atomic E-state index is -1.75. The van der Waals surface area contributed by atoms with Crippen LogP contribution in [-0.4, -0.2) is 63.6 Å². The molecule has 7 nitrogen and oxygen atoms in total. The first kappa shape index (κ1) is 16.5. The van der Waals surface area contributed by atoms with Crippen LogP contribution in [0.5, 0.6) is 0 Å². The lowest BCUT2D eigenvalue weighted by atomic mass is 10.0. The Morgan fingerprint density at radius 2 is 1.94 bits per heavy atom. The summed E-state index contributed by atoms with van der Waals surface area (Å²) in [5.41, 5.74) is 0. The summed E-state index contributed by atoms with van der Waals surface area (Å²) in [6.07, 6.45) is 0.257. The Morgan fingerprint density at radius 3 is 2.39 bits per heavy atom. The predicted octanol–water partition coefficient (Wildman–Crippen LogP) is -2.84. The minimum Gasteiger partial charge on any atom is -0.394 e. The zero-order valence-corrected chi connectivity index (χ0v) is 9.69. The van der Waals surface area contributed by atoms with E-state index in [0.717, 1.165) is 0 Å². The van der Waals surface area contributed by atoms with E-state index in [1.165, 1.54) is 0 Å². The molecule has 5 N–H and O–H groups in total. The van der Waals surface area contributed by atoms with E-state index < -0.39 is 36.9 Å². The van der Waals surface area contributed by atoms with Crippen molar-refractivity contribution in [2.45, 2.75) is 37.2 Å². The Kier molecular flexibility index (Phi) is 7.91. The van der Waals surface area contributed by atoms with Crippen molar-refractivity contribution in [3.05, 3.63) is 0 Å². The highest BCUT2D eigenvalue weighted by Gasteiger charge is 2.31. The average Bonchev–Trinajstić information content (AvgIpc) is 2.39. The van der Waals surface area contributed by atoms with Gasteiger partial charge < -0.3 is 30.5 Å². The van der Waals surface area contributed by atoms with E-state index in [4.69, 9.17) is 16.6 Å². The van der Waals surface area contributed by atoms with Crippen LogP contribution in [0.3, 0.4) is 0 Å². The SMILES string of the molecule is C#CCCC(=O)N[C@@H](C=O)[C@@H](O)[C@H](O)[C@H](O)CO. The monoisotopic (exact) mass is 259 g/mol. The van der Waals surface area contributed by atoms with E-state index in [0.29, 0.717) is 0 Å².